The van der Waals surface area contributed by atoms with Crippen LogP contribution in [0.3, 0.4) is 0 Å². The Morgan fingerprint density at radius 2 is 0.885 bits per heavy atom. The molecule has 0 atom stereocenters. The molecule has 4 N–H and O–H groups in total. The van der Waals surface area contributed by atoms with E-state index in [1.807, 2.05) is 20.8 Å². The Morgan fingerprint density at radius 3 is 1.00 bits per heavy atom. The molecule has 0 aliphatic heterocycles. The third kappa shape index (κ3) is 15.9. The van der Waals surface area contributed by atoms with Gasteiger partial charge in [-0.2, -0.15) is 0 Å². The standard InChI is InChI=1S/C8H18O6.3C3H8O/c1-10-6-7(11-2,12-3)8(9,13-4)14-5;3*1-2-3-4/h9H,6H2,1-5H3;3*4H,2-3H2,1H3. The molecular weight excluding hydrogens is 348 g/mol. The van der Waals surface area contributed by atoms with Crippen molar-refractivity contribution >= 4 is 0 Å². The molecule has 0 rings (SSSR count). The van der Waals surface area contributed by atoms with E-state index in [-0.39, 0.29) is 6.61 Å². The van der Waals surface area contributed by atoms with Crippen LogP contribution >= 0.6 is 0 Å². The van der Waals surface area contributed by atoms with E-state index in [0.29, 0.717) is 19.8 Å². The van der Waals surface area contributed by atoms with Gasteiger partial charge in [0, 0.05) is 55.4 Å². The quantitative estimate of drug-likeness (QED) is 0.399. The maximum Gasteiger partial charge on any atom is 0.340 e. The highest BCUT2D eigenvalue weighted by atomic mass is 16.9. The summed E-state index contributed by atoms with van der Waals surface area (Å²) in [6.07, 6.45) is 2.62. The van der Waals surface area contributed by atoms with Gasteiger partial charge in [-0.1, -0.05) is 20.8 Å². The third-order valence-corrected chi connectivity index (χ3v) is 2.70. The first-order valence-corrected chi connectivity index (χ1v) is 8.54. The SMILES string of the molecule is CCCO.CCCO.CCCO.COCC(OC)(OC)C(O)(OC)OC. The second-order valence-electron chi connectivity index (χ2n) is 4.76. The van der Waals surface area contributed by atoms with Gasteiger partial charge in [-0.15, -0.1) is 0 Å². The van der Waals surface area contributed by atoms with E-state index in [2.05, 4.69) is 0 Å². The third-order valence-electron chi connectivity index (χ3n) is 2.70. The lowest BCUT2D eigenvalue weighted by Gasteiger charge is -2.40. The van der Waals surface area contributed by atoms with E-state index < -0.39 is 11.8 Å². The summed E-state index contributed by atoms with van der Waals surface area (Å²) in [4.78, 5) is 0. The first-order chi connectivity index (χ1) is 12.3. The summed E-state index contributed by atoms with van der Waals surface area (Å²) in [5, 5.41) is 33.5. The lowest BCUT2D eigenvalue weighted by Crippen LogP contribution is -2.61. The van der Waals surface area contributed by atoms with Crippen molar-refractivity contribution in [3.8, 4) is 0 Å². The van der Waals surface area contributed by atoms with E-state index in [1.54, 1.807) is 0 Å². The van der Waals surface area contributed by atoms with Crippen LogP contribution in [0.5, 0.6) is 0 Å². The molecule has 0 fully saturated rings. The van der Waals surface area contributed by atoms with Gasteiger partial charge in [-0.25, -0.2) is 0 Å². The Morgan fingerprint density at radius 1 is 0.615 bits per heavy atom. The zero-order chi connectivity index (χ0) is 21.5. The fourth-order valence-electron chi connectivity index (χ4n) is 1.13. The molecule has 0 aliphatic carbocycles. The molecule has 0 saturated heterocycles. The largest absolute Gasteiger partial charge is 0.396 e. The summed E-state index contributed by atoms with van der Waals surface area (Å²) < 4.78 is 24.5. The average Bonchev–Trinajstić information content (AvgIpc) is 2.71. The van der Waals surface area contributed by atoms with Crippen molar-refractivity contribution in [2.45, 2.75) is 51.8 Å². The number of methoxy groups -OCH3 is 5. The smallest absolute Gasteiger partial charge is 0.340 e. The van der Waals surface area contributed by atoms with Gasteiger partial charge >= 0.3 is 5.97 Å². The van der Waals surface area contributed by atoms with Crippen LogP contribution in [0.1, 0.15) is 40.0 Å². The molecule has 0 aromatic rings. The second kappa shape index (κ2) is 24.6. The summed E-state index contributed by atoms with van der Waals surface area (Å²) in [6, 6.07) is 0. The monoisotopic (exact) mass is 390 g/mol. The molecule has 26 heavy (non-hydrogen) atoms. The van der Waals surface area contributed by atoms with Crippen molar-refractivity contribution in [2.75, 3.05) is 62.0 Å². The lowest BCUT2D eigenvalue weighted by atomic mass is 10.2. The van der Waals surface area contributed by atoms with Crippen molar-refractivity contribution in [3.63, 3.8) is 0 Å². The molecule has 164 valence electrons. The predicted molar refractivity (Wildman–Crippen MR) is 99.7 cm³/mol. The molecule has 0 aromatic heterocycles. The van der Waals surface area contributed by atoms with Gasteiger partial charge < -0.3 is 44.1 Å². The maximum absolute atomic E-state index is 9.90. The van der Waals surface area contributed by atoms with E-state index in [9.17, 15) is 5.11 Å². The van der Waals surface area contributed by atoms with Gasteiger partial charge in [0.05, 0.1) is 0 Å². The molecular formula is C17H42O9. The summed E-state index contributed by atoms with van der Waals surface area (Å²) in [5.41, 5.74) is 0. The number of aliphatic hydroxyl groups excluding tert-OH is 3. The lowest BCUT2D eigenvalue weighted by molar-refractivity contribution is -0.474. The zero-order valence-corrected chi connectivity index (χ0v) is 17.8. The van der Waals surface area contributed by atoms with Crippen molar-refractivity contribution in [1.82, 2.24) is 0 Å². The molecule has 9 nitrogen and oxygen atoms in total. The van der Waals surface area contributed by atoms with E-state index in [1.165, 1.54) is 35.5 Å². The van der Waals surface area contributed by atoms with Gasteiger partial charge in [-0.3, -0.25) is 0 Å². The molecule has 0 heterocycles. The first-order valence-electron chi connectivity index (χ1n) is 8.54. The Labute approximate surface area is 158 Å². The molecule has 0 aromatic carbocycles. The number of rotatable bonds is 10. The summed E-state index contributed by atoms with van der Waals surface area (Å²) in [6.45, 7) is 6.71. The van der Waals surface area contributed by atoms with Crippen LogP contribution in [-0.2, 0) is 23.7 Å². The highest BCUT2D eigenvalue weighted by Crippen LogP contribution is 2.28. The molecule has 0 bridgehead atoms. The summed E-state index contributed by atoms with van der Waals surface area (Å²) >= 11 is 0. The zero-order valence-electron chi connectivity index (χ0n) is 17.8. The van der Waals surface area contributed by atoms with Gasteiger partial charge in [-0.05, 0) is 19.3 Å². The molecule has 0 amide bonds. The number of hydrogen-bond acceptors (Lipinski definition) is 9. The van der Waals surface area contributed by atoms with Gasteiger partial charge in [0.25, 0.3) is 5.79 Å². The van der Waals surface area contributed by atoms with E-state index in [4.69, 9.17) is 39.0 Å². The normalized spacial score (nSPS) is 10.6. The highest BCUT2D eigenvalue weighted by molar-refractivity contribution is 4.79. The number of aliphatic hydroxyl groups is 4. The van der Waals surface area contributed by atoms with Crippen molar-refractivity contribution in [2.24, 2.45) is 0 Å². The Hall–Kier alpha value is -0.360. The van der Waals surface area contributed by atoms with Crippen molar-refractivity contribution in [3.05, 3.63) is 0 Å². The van der Waals surface area contributed by atoms with Gasteiger partial charge in [0.15, 0.2) is 0 Å². The molecule has 0 unspecified atom stereocenters. The Kier molecular flexibility index (Phi) is 31.5. The fraction of sp³-hybridized carbons (Fsp3) is 1.00. The maximum atomic E-state index is 9.90. The molecule has 0 aliphatic rings. The molecule has 0 saturated carbocycles. The van der Waals surface area contributed by atoms with Crippen LogP contribution in [0.15, 0.2) is 0 Å². The predicted octanol–water partition coefficient (Wildman–Crippen LogP) is 0.727. The molecule has 0 spiro atoms. The minimum atomic E-state index is -2.02. The average molecular weight is 391 g/mol. The molecule has 9 heteroatoms. The fourth-order valence-corrected chi connectivity index (χ4v) is 1.13. The van der Waals surface area contributed by atoms with Crippen LogP contribution in [0.4, 0.5) is 0 Å². The van der Waals surface area contributed by atoms with Gasteiger partial charge in [0.1, 0.15) is 6.61 Å². The van der Waals surface area contributed by atoms with Crippen LogP contribution in [0.2, 0.25) is 0 Å². The van der Waals surface area contributed by atoms with Crippen LogP contribution in [0, 0.1) is 0 Å². The summed E-state index contributed by atoms with van der Waals surface area (Å²) in [5.74, 6) is -3.54. The highest BCUT2D eigenvalue weighted by Gasteiger charge is 2.54. The number of hydrogen-bond donors (Lipinski definition) is 4. The van der Waals surface area contributed by atoms with Crippen LogP contribution in [-0.4, -0.2) is 94.2 Å². The van der Waals surface area contributed by atoms with Crippen LogP contribution in [0.25, 0.3) is 0 Å². The first kappa shape index (κ1) is 33.2. The Balaban J connectivity index is -0.000000164. The van der Waals surface area contributed by atoms with Crippen LogP contribution < -0.4 is 0 Å². The van der Waals surface area contributed by atoms with Crippen molar-refractivity contribution in [1.29, 1.82) is 0 Å². The number of ether oxygens (including phenoxy) is 5. The molecule has 0 radical (unpaired) electrons. The Bertz CT molecular complexity index is 217. The van der Waals surface area contributed by atoms with Gasteiger partial charge in [0.2, 0.25) is 0 Å². The van der Waals surface area contributed by atoms with E-state index >= 15 is 0 Å². The minimum Gasteiger partial charge on any atom is -0.396 e. The van der Waals surface area contributed by atoms with Crippen molar-refractivity contribution < 1.29 is 44.1 Å². The topological polar surface area (TPSA) is 127 Å². The summed E-state index contributed by atoms with van der Waals surface area (Å²) in [7, 11) is 6.69. The van der Waals surface area contributed by atoms with E-state index in [0.717, 1.165) is 19.3 Å². The minimum absolute atomic E-state index is 0.0435. The second-order valence-corrected chi connectivity index (χ2v) is 4.76.